The molecule has 1 heterocycles. The largest absolute Gasteiger partial charge is 0.325 e. The van der Waals surface area contributed by atoms with Crippen molar-refractivity contribution in [3.63, 3.8) is 0 Å². The third kappa shape index (κ3) is 4.72. The van der Waals surface area contributed by atoms with E-state index in [0.29, 0.717) is 23.0 Å². The molecule has 0 aliphatic rings. The van der Waals surface area contributed by atoms with Crippen LogP contribution in [0.5, 0.6) is 0 Å². The standard InChI is InChI=1S/C16H18N4O2S2/c1-4-7-20-10-17-19-16(20)24-9-14(22)12-5-6-13(18-11(2)21)15(8-12)23-3/h4-6,8,10H,1,7,9H2,2-3H3,(H,18,21). The molecule has 0 aliphatic heterocycles. The van der Waals surface area contributed by atoms with Gasteiger partial charge in [0.2, 0.25) is 5.91 Å². The number of ketones is 1. The molecule has 6 nitrogen and oxygen atoms in total. The minimum Gasteiger partial charge on any atom is -0.325 e. The number of aromatic nitrogens is 3. The van der Waals surface area contributed by atoms with Crippen LogP contribution in [0.3, 0.4) is 0 Å². The summed E-state index contributed by atoms with van der Waals surface area (Å²) < 4.78 is 1.83. The first kappa shape index (κ1) is 18.3. The van der Waals surface area contributed by atoms with Crippen molar-refractivity contribution in [3.8, 4) is 0 Å². The quantitative estimate of drug-likeness (QED) is 0.442. The zero-order chi connectivity index (χ0) is 17.5. The van der Waals surface area contributed by atoms with Crippen molar-refractivity contribution in [2.45, 2.75) is 23.5 Å². The second-order valence-corrected chi connectivity index (χ2v) is 6.65. The van der Waals surface area contributed by atoms with Crippen molar-refractivity contribution in [2.24, 2.45) is 0 Å². The lowest BCUT2D eigenvalue weighted by Gasteiger charge is -2.10. The first-order valence-electron chi connectivity index (χ1n) is 7.15. The number of hydrogen-bond donors (Lipinski definition) is 1. The predicted molar refractivity (Wildman–Crippen MR) is 97.8 cm³/mol. The van der Waals surface area contributed by atoms with Crippen molar-refractivity contribution < 1.29 is 9.59 Å². The summed E-state index contributed by atoms with van der Waals surface area (Å²) in [6.07, 6.45) is 5.27. The van der Waals surface area contributed by atoms with Gasteiger partial charge in [0.1, 0.15) is 6.33 Å². The molecule has 0 saturated heterocycles. The summed E-state index contributed by atoms with van der Waals surface area (Å²) >= 11 is 2.82. The van der Waals surface area contributed by atoms with E-state index in [1.54, 1.807) is 30.6 Å². The van der Waals surface area contributed by atoms with Crippen LogP contribution in [0.4, 0.5) is 5.69 Å². The Morgan fingerprint density at radius 3 is 2.88 bits per heavy atom. The summed E-state index contributed by atoms with van der Waals surface area (Å²) in [6.45, 7) is 5.74. The Bertz CT molecular complexity index is 758. The minimum absolute atomic E-state index is 0.00201. The van der Waals surface area contributed by atoms with Gasteiger partial charge in [-0.05, 0) is 24.5 Å². The van der Waals surface area contributed by atoms with Crippen molar-refractivity contribution in [3.05, 3.63) is 42.7 Å². The van der Waals surface area contributed by atoms with Gasteiger partial charge in [0.05, 0.1) is 11.4 Å². The van der Waals surface area contributed by atoms with E-state index in [1.807, 2.05) is 10.8 Å². The van der Waals surface area contributed by atoms with E-state index < -0.39 is 0 Å². The molecule has 0 aliphatic carbocycles. The molecular formula is C16H18N4O2S2. The van der Waals surface area contributed by atoms with Crippen LogP contribution < -0.4 is 5.32 Å². The van der Waals surface area contributed by atoms with E-state index in [2.05, 4.69) is 22.1 Å². The number of Topliss-reactive ketones (excluding diaryl/α,β-unsaturated/α-hetero) is 1. The van der Waals surface area contributed by atoms with Gasteiger partial charge in [-0.3, -0.25) is 9.59 Å². The van der Waals surface area contributed by atoms with E-state index in [4.69, 9.17) is 0 Å². The maximum Gasteiger partial charge on any atom is 0.221 e. The lowest BCUT2D eigenvalue weighted by molar-refractivity contribution is -0.114. The van der Waals surface area contributed by atoms with Gasteiger partial charge in [-0.2, -0.15) is 0 Å². The van der Waals surface area contributed by atoms with Gasteiger partial charge in [0, 0.05) is 23.9 Å². The average Bonchev–Trinajstić information content (AvgIpc) is 3.00. The third-order valence-electron chi connectivity index (χ3n) is 3.07. The van der Waals surface area contributed by atoms with Crippen LogP contribution in [0.15, 0.2) is 47.2 Å². The van der Waals surface area contributed by atoms with Crippen LogP contribution in [0.1, 0.15) is 17.3 Å². The van der Waals surface area contributed by atoms with Gasteiger partial charge in [-0.15, -0.1) is 28.5 Å². The third-order valence-corrected chi connectivity index (χ3v) is 4.83. The van der Waals surface area contributed by atoms with Crippen molar-refractivity contribution in [1.82, 2.24) is 14.8 Å². The smallest absolute Gasteiger partial charge is 0.221 e. The molecule has 1 amide bonds. The normalized spacial score (nSPS) is 10.4. The maximum absolute atomic E-state index is 12.4. The summed E-state index contributed by atoms with van der Waals surface area (Å²) in [5, 5.41) is 11.3. The van der Waals surface area contributed by atoms with Crippen LogP contribution in [-0.2, 0) is 11.3 Å². The molecule has 126 valence electrons. The summed E-state index contributed by atoms with van der Waals surface area (Å²) in [4.78, 5) is 24.5. The first-order valence-corrected chi connectivity index (χ1v) is 9.36. The SMILES string of the molecule is C=CCn1cnnc1SCC(=O)c1ccc(NC(C)=O)c(SC)c1. The highest BCUT2D eigenvalue weighted by atomic mass is 32.2. The van der Waals surface area contributed by atoms with Crippen molar-refractivity contribution in [1.29, 1.82) is 0 Å². The summed E-state index contributed by atoms with van der Waals surface area (Å²) in [7, 11) is 0. The molecule has 0 bridgehead atoms. The fourth-order valence-corrected chi connectivity index (χ4v) is 3.39. The van der Waals surface area contributed by atoms with Crippen LogP contribution in [0, 0.1) is 0 Å². The van der Waals surface area contributed by atoms with Crippen LogP contribution in [0.25, 0.3) is 0 Å². The Morgan fingerprint density at radius 1 is 1.42 bits per heavy atom. The first-order chi connectivity index (χ1) is 11.5. The lowest BCUT2D eigenvalue weighted by atomic mass is 10.1. The summed E-state index contributed by atoms with van der Waals surface area (Å²) in [5.41, 5.74) is 1.32. The molecule has 2 rings (SSSR count). The van der Waals surface area contributed by atoms with Gasteiger partial charge in [-0.25, -0.2) is 0 Å². The fraction of sp³-hybridized carbons (Fsp3) is 0.250. The molecule has 0 fully saturated rings. The number of thioether (sulfide) groups is 2. The highest BCUT2D eigenvalue weighted by molar-refractivity contribution is 7.99. The van der Waals surface area contributed by atoms with E-state index in [0.717, 1.165) is 4.90 Å². The zero-order valence-corrected chi connectivity index (χ0v) is 15.1. The number of hydrogen-bond acceptors (Lipinski definition) is 6. The lowest BCUT2D eigenvalue weighted by Crippen LogP contribution is -2.09. The highest BCUT2D eigenvalue weighted by Crippen LogP contribution is 2.27. The molecule has 1 N–H and O–H groups in total. The number of benzene rings is 1. The number of carbonyl (C=O) groups excluding carboxylic acids is 2. The zero-order valence-electron chi connectivity index (χ0n) is 13.5. The summed E-state index contributed by atoms with van der Waals surface area (Å²) in [5.74, 6) is 0.127. The Balaban J connectivity index is 2.08. The number of nitrogens with zero attached hydrogens (tertiary/aromatic N) is 3. The second kappa shape index (κ2) is 8.70. The molecule has 0 unspecified atom stereocenters. The van der Waals surface area contributed by atoms with Gasteiger partial charge < -0.3 is 9.88 Å². The Morgan fingerprint density at radius 2 is 2.21 bits per heavy atom. The van der Waals surface area contributed by atoms with Crippen molar-refractivity contribution in [2.75, 3.05) is 17.3 Å². The predicted octanol–water partition coefficient (Wildman–Crippen LogP) is 3.12. The topological polar surface area (TPSA) is 76.9 Å². The number of carbonyl (C=O) groups is 2. The van der Waals surface area contributed by atoms with Gasteiger partial charge in [0.25, 0.3) is 0 Å². The Labute approximate surface area is 149 Å². The monoisotopic (exact) mass is 362 g/mol. The van der Waals surface area contributed by atoms with Crippen LogP contribution in [-0.4, -0.2) is 38.5 Å². The minimum atomic E-state index is -0.138. The molecule has 8 heteroatoms. The number of amides is 1. The van der Waals surface area contributed by atoms with Crippen molar-refractivity contribution >= 4 is 40.9 Å². The molecule has 1 aromatic heterocycles. The highest BCUT2D eigenvalue weighted by Gasteiger charge is 2.13. The number of rotatable bonds is 8. The van der Waals surface area contributed by atoms with Crippen LogP contribution >= 0.6 is 23.5 Å². The molecule has 2 aromatic rings. The fourth-order valence-electron chi connectivity index (χ4n) is 1.99. The average molecular weight is 362 g/mol. The number of nitrogens with one attached hydrogen (secondary N) is 1. The molecule has 0 atom stereocenters. The number of anilines is 1. The van der Waals surface area contributed by atoms with Gasteiger partial charge >= 0.3 is 0 Å². The van der Waals surface area contributed by atoms with E-state index in [9.17, 15) is 9.59 Å². The Kier molecular flexibility index (Phi) is 6.62. The molecule has 0 saturated carbocycles. The molecule has 0 radical (unpaired) electrons. The van der Waals surface area contributed by atoms with Gasteiger partial charge in [0.15, 0.2) is 10.9 Å². The molecular weight excluding hydrogens is 344 g/mol. The molecule has 1 aromatic carbocycles. The maximum atomic E-state index is 12.4. The second-order valence-electron chi connectivity index (χ2n) is 4.86. The number of allylic oxidation sites excluding steroid dienone is 1. The molecule has 24 heavy (non-hydrogen) atoms. The van der Waals surface area contributed by atoms with E-state index in [1.165, 1.54) is 30.4 Å². The summed E-state index contributed by atoms with van der Waals surface area (Å²) in [6, 6.07) is 5.28. The van der Waals surface area contributed by atoms with E-state index in [-0.39, 0.29) is 17.4 Å². The molecule has 0 spiro atoms. The Hall–Kier alpha value is -2.06. The van der Waals surface area contributed by atoms with Crippen LogP contribution in [0.2, 0.25) is 0 Å². The van der Waals surface area contributed by atoms with Gasteiger partial charge in [-0.1, -0.05) is 17.8 Å². The van der Waals surface area contributed by atoms with E-state index >= 15 is 0 Å².